The second-order valence-corrected chi connectivity index (χ2v) is 4.89. The smallest absolute Gasteiger partial charge is 0.273 e. The number of carbonyl (C=O) groups excluding carboxylic acids is 2. The number of benzene rings is 1. The van der Waals surface area contributed by atoms with E-state index in [1.54, 1.807) is 24.3 Å². The van der Waals surface area contributed by atoms with E-state index in [1.165, 1.54) is 24.6 Å². The summed E-state index contributed by atoms with van der Waals surface area (Å²) in [6.45, 7) is 0. The van der Waals surface area contributed by atoms with Crippen LogP contribution >= 0.6 is 0 Å². The van der Waals surface area contributed by atoms with Crippen LogP contribution in [0.1, 0.15) is 16.1 Å². The van der Waals surface area contributed by atoms with Gasteiger partial charge in [0.05, 0.1) is 23.0 Å². The molecular weight excluding hydrogens is 308 g/mol. The van der Waals surface area contributed by atoms with Crippen molar-refractivity contribution < 1.29 is 14.0 Å². The van der Waals surface area contributed by atoms with Gasteiger partial charge < -0.3 is 10.2 Å². The number of hydrogen-bond donors (Lipinski definition) is 3. The number of rotatable bonds is 3. The molecule has 7 nitrogen and oxygen atoms in total. The number of carbonyl (C=O) groups is 2. The fourth-order valence-electron chi connectivity index (χ4n) is 2.11. The highest BCUT2D eigenvalue weighted by molar-refractivity contribution is 6.06. The number of amides is 2. The topological polar surface area (TPSA) is 110 Å². The average molecular weight is 322 g/mol. The molecule has 0 saturated heterocycles. The van der Waals surface area contributed by atoms with Crippen LogP contribution in [0.4, 0.5) is 5.69 Å². The number of furan rings is 1. The van der Waals surface area contributed by atoms with Gasteiger partial charge in [0.15, 0.2) is 0 Å². The van der Waals surface area contributed by atoms with E-state index in [9.17, 15) is 9.59 Å². The normalized spacial score (nSPS) is 10.8. The molecule has 0 fully saturated rings. The fraction of sp³-hybridized carbons (Fsp3) is 0. The van der Waals surface area contributed by atoms with Gasteiger partial charge in [0.25, 0.3) is 11.8 Å². The number of nitrogens with one attached hydrogen (secondary N) is 2. The van der Waals surface area contributed by atoms with E-state index in [-0.39, 0.29) is 5.56 Å². The van der Waals surface area contributed by atoms with E-state index >= 15 is 0 Å². The maximum atomic E-state index is 12.2. The van der Waals surface area contributed by atoms with Crippen molar-refractivity contribution in [1.29, 1.82) is 0 Å². The van der Waals surface area contributed by atoms with Gasteiger partial charge in [-0.15, -0.1) is 0 Å². The third kappa shape index (κ3) is 3.25. The summed E-state index contributed by atoms with van der Waals surface area (Å²) in [5.41, 5.74) is 11.8. The van der Waals surface area contributed by atoms with Crippen LogP contribution in [-0.4, -0.2) is 16.8 Å². The maximum Gasteiger partial charge on any atom is 0.273 e. The van der Waals surface area contributed by atoms with Gasteiger partial charge >= 0.3 is 0 Å². The predicted octanol–water partition coefficient (Wildman–Crippen LogP) is 1.88. The first-order chi connectivity index (χ1) is 11.6. The molecule has 0 aliphatic carbocycles. The minimum atomic E-state index is -0.550. The Morgan fingerprint density at radius 2 is 1.96 bits per heavy atom. The summed E-state index contributed by atoms with van der Waals surface area (Å²) in [7, 11) is 0. The van der Waals surface area contributed by atoms with E-state index in [2.05, 4.69) is 15.8 Å². The van der Waals surface area contributed by atoms with E-state index in [0.717, 1.165) is 0 Å². The zero-order chi connectivity index (χ0) is 16.9. The maximum absolute atomic E-state index is 12.2. The van der Waals surface area contributed by atoms with E-state index in [4.69, 9.17) is 10.2 Å². The number of pyridine rings is 1. The summed E-state index contributed by atoms with van der Waals surface area (Å²) in [6, 6.07) is 10.6. The minimum absolute atomic E-state index is 0.184. The third-order valence-electron chi connectivity index (χ3n) is 3.30. The van der Waals surface area contributed by atoms with Crippen LogP contribution in [0.3, 0.4) is 0 Å². The van der Waals surface area contributed by atoms with E-state index in [1.807, 2.05) is 12.1 Å². The Balaban J connectivity index is 1.67. The molecule has 2 heterocycles. The van der Waals surface area contributed by atoms with Crippen molar-refractivity contribution >= 4 is 34.5 Å². The lowest BCUT2D eigenvalue weighted by atomic mass is 10.1. The van der Waals surface area contributed by atoms with Crippen molar-refractivity contribution in [1.82, 2.24) is 15.8 Å². The van der Waals surface area contributed by atoms with Crippen molar-refractivity contribution in [2.45, 2.75) is 0 Å². The van der Waals surface area contributed by atoms with Gasteiger partial charge in [-0.1, -0.05) is 18.2 Å². The monoisotopic (exact) mass is 322 g/mol. The van der Waals surface area contributed by atoms with Crippen LogP contribution in [0.5, 0.6) is 0 Å². The van der Waals surface area contributed by atoms with Crippen LogP contribution in [0.2, 0.25) is 0 Å². The summed E-state index contributed by atoms with van der Waals surface area (Å²) in [4.78, 5) is 28.0. The highest BCUT2D eigenvalue weighted by Gasteiger charge is 2.13. The van der Waals surface area contributed by atoms with Crippen LogP contribution in [0, 0.1) is 0 Å². The molecule has 3 aromatic rings. The van der Waals surface area contributed by atoms with Gasteiger partial charge in [0.1, 0.15) is 5.76 Å². The summed E-state index contributed by atoms with van der Waals surface area (Å²) in [5.74, 6) is -0.531. The first kappa shape index (κ1) is 15.3. The Kier molecular flexibility index (Phi) is 4.24. The number of anilines is 1. The lowest BCUT2D eigenvalue weighted by Crippen LogP contribution is -2.41. The summed E-state index contributed by atoms with van der Waals surface area (Å²) < 4.78 is 5.06. The van der Waals surface area contributed by atoms with Crippen molar-refractivity contribution in [3.8, 4) is 0 Å². The van der Waals surface area contributed by atoms with Gasteiger partial charge in [-0.25, -0.2) is 0 Å². The second-order valence-electron chi connectivity index (χ2n) is 4.89. The van der Waals surface area contributed by atoms with Crippen LogP contribution < -0.4 is 16.6 Å². The quantitative estimate of drug-likeness (QED) is 0.504. The first-order valence-electron chi connectivity index (χ1n) is 7.10. The molecule has 2 aromatic heterocycles. The molecule has 1 aromatic carbocycles. The lowest BCUT2D eigenvalue weighted by molar-refractivity contribution is -0.117. The molecule has 0 radical (unpaired) electrons. The zero-order valence-corrected chi connectivity index (χ0v) is 12.5. The number of hydrogen-bond acceptors (Lipinski definition) is 5. The van der Waals surface area contributed by atoms with Crippen molar-refractivity contribution in [3.05, 3.63) is 66.3 Å². The highest BCUT2D eigenvalue weighted by atomic mass is 16.3. The van der Waals surface area contributed by atoms with Gasteiger partial charge in [0, 0.05) is 17.7 Å². The number of para-hydroxylation sites is 1. The molecule has 0 bridgehead atoms. The molecule has 24 heavy (non-hydrogen) atoms. The molecule has 3 rings (SSSR count). The van der Waals surface area contributed by atoms with Crippen molar-refractivity contribution in [3.63, 3.8) is 0 Å². The molecule has 2 amide bonds. The predicted molar refractivity (Wildman–Crippen MR) is 89.5 cm³/mol. The molecule has 0 atom stereocenters. The largest absolute Gasteiger partial charge is 0.465 e. The van der Waals surface area contributed by atoms with Gasteiger partial charge in [-0.2, -0.15) is 0 Å². The van der Waals surface area contributed by atoms with Crippen LogP contribution in [0.25, 0.3) is 17.0 Å². The first-order valence-corrected chi connectivity index (χ1v) is 7.10. The zero-order valence-electron chi connectivity index (χ0n) is 12.5. The Morgan fingerprint density at radius 3 is 2.75 bits per heavy atom. The number of aromatic nitrogens is 1. The summed E-state index contributed by atoms with van der Waals surface area (Å²) in [6.07, 6.45) is 5.58. The Hall–Kier alpha value is -3.61. The minimum Gasteiger partial charge on any atom is -0.465 e. The molecule has 7 heteroatoms. The van der Waals surface area contributed by atoms with Gasteiger partial charge in [-0.3, -0.25) is 25.4 Å². The number of hydrazine groups is 1. The molecule has 0 spiro atoms. The highest BCUT2D eigenvalue weighted by Crippen LogP contribution is 2.22. The molecule has 0 aliphatic heterocycles. The Bertz CT molecular complexity index is 917. The summed E-state index contributed by atoms with van der Waals surface area (Å²) in [5, 5.41) is 0.675. The number of nitrogens with two attached hydrogens (primary N) is 1. The number of nitrogens with zero attached hydrogens (tertiary/aromatic N) is 1. The molecule has 120 valence electrons. The molecule has 0 aliphatic rings. The number of nitrogen functional groups attached to an aromatic ring is 1. The van der Waals surface area contributed by atoms with Crippen molar-refractivity contribution in [2.75, 3.05) is 5.73 Å². The SMILES string of the molecule is Nc1c(C(=O)NNC(=O)/C=C/c2ccco2)cnc2ccccc12. The van der Waals surface area contributed by atoms with Crippen molar-refractivity contribution in [2.24, 2.45) is 0 Å². The van der Waals surface area contributed by atoms with E-state index in [0.29, 0.717) is 22.4 Å². The standard InChI is InChI=1S/C17H14N4O3/c18-16-12-5-1-2-6-14(12)19-10-13(16)17(23)21-20-15(22)8-7-11-4-3-9-24-11/h1-10H,(H2,18,19)(H,20,22)(H,21,23)/b8-7+. The van der Waals surface area contributed by atoms with E-state index < -0.39 is 11.8 Å². The number of fused-ring (bicyclic) bond motifs is 1. The Morgan fingerprint density at radius 1 is 1.12 bits per heavy atom. The van der Waals surface area contributed by atoms with Crippen LogP contribution in [-0.2, 0) is 4.79 Å². The average Bonchev–Trinajstić information content (AvgIpc) is 3.12. The lowest BCUT2D eigenvalue weighted by Gasteiger charge is -2.09. The van der Waals surface area contributed by atoms with Gasteiger partial charge in [0.2, 0.25) is 0 Å². The fourth-order valence-corrected chi connectivity index (χ4v) is 2.11. The molecule has 4 N–H and O–H groups in total. The third-order valence-corrected chi connectivity index (χ3v) is 3.30. The molecule has 0 saturated carbocycles. The molecular formula is C17H14N4O3. The Labute approximate surface area is 137 Å². The molecule has 0 unspecified atom stereocenters. The summed E-state index contributed by atoms with van der Waals surface area (Å²) >= 11 is 0. The van der Waals surface area contributed by atoms with Gasteiger partial charge in [-0.05, 0) is 24.3 Å². The second kappa shape index (κ2) is 6.66. The van der Waals surface area contributed by atoms with Crippen LogP contribution in [0.15, 0.2) is 59.4 Å².